The molecule has 1 unspecified atom stereocenters. The normalized spacial score (nSPS) is 29.5. The highest BCUT2D eigenvalue weighted by molar-refractivity contribution is 9.11. The number of rotatable bonds is 3. The van der Waals surface area contributed by atoms with Crippen molar-refractivity contribution in [3.8, 4) is 0 Å². The molecule has 1 atom stereocenters. The van der Waals surface area contributed by atoms with E-state index < -0.39 is 0 Å². The smallest absolute Gasteiger partial charge is 0.0471 e. The van der Waals surface area contributed by atoms with Crippen LogP contribution < -0.4 is 5.32 Å². The van der Waals surface area contributed by atoms with E-state index in [9.17, 15) is 0 Å². The lowest BCUT2D eigenvalue weighted by molar-refractivity contribution is 0.00501. The molecule has 0 aromatic rings. The van der Waals surface area contributed by atoms with Crippen LogP contribution in [0.3, 0.4) is 0 Å². The van der Waals surface area contributed by atoms with E-state index in [2.05, 4.69) is 27.8 Å². The lowest BCUT2D eigenvalue weighted by Crippen LogP contribution is -2.45. The van der Waals surface area contributed by atoms with Crippen molar-refractivity contribution in [2.75, 3.05) is 19.8 Å². The van der Waals surface area contributed by atoms with Crippen LogP contribution in [0.15, 0.2) is 11.1 Å². The summed E-state index contributed by atoms with van der Waals surface area (Å²) in [6.45, 7) is 6.68. The van der Waals surface area contributed by atoms with Gasteiger partial charge in [-0.05, 0) is 31.1 Å². The zero-order valence-electron chi connectivity index (χ0n) is 9.23. The predicted octanol–water partition coefficient (Wildman–Crippen LogP) is 2.83. The van der Waals surface area contributed by atoms with Gasteiger partial charge in [0.05, 0.1) is 0 Å². The number of hydrogen-bond acceptors (Lipinski definition) is 2. The first kappa shape index (κ1) is 11.6. The highest BCUT2D eigenvalue weighted by Gasteiger charge is 2.43. The SMILES string of the molecule is C=C(Br)CNC1CCCC12CCOCC2. The zero-order chi connectivity index (χ0) is 10.7. The lowest BCUT2D eigenvalue weighted by atomic mass is 9.75. The van der Waals surface area contributed by atoms with Crippen molar-refractivity contribution in [2.24, 2.45) is 5.41 Å². The van der Waals surface area contributed by atoms with Gasteiger partial charge in [0.2, 0.25) is 0 Å². The molecule has 1 aliphatic heterocycles. The van der Waals surface area contributed by atoms with Crippen molar-refractivity contribution >= 4 is 15.9 Å². The van der Waals surface area contributed by atoms with Crippen LogP contribution in [0.4, 0.5) is 0 Å². The molecule has 2 nitrogen and oxygen atoms in total. The first-order valence-electron chi connectivity index (χ1n) is 5.87. The first-order chi connectivity index (χ1) is 7.23. The maximum absolute atomic E-state index is 5.48. The van der Waals surface area contributed by atoms with Crippen LogP contribution in [-0.4, -0.2) is 25.8 Å². The van der Waals surface area contributed by atoms with Gasteiger partial charge in [-0.1, -0.05) is 28.9 Å². The van der Waals surface area contributed by atoms with E-state index in [0.29, 0.717) is 11.5 Å². The zero-order valence-corrected chi connectivity index (χ0v) is 10.8. The maximum atomic E-state index is 5.48. The lowest BCUT2D eigenvalue weighted by Gasteiger charge is -2.39. The largest absolute Gasteiger partial charge is 0.381 e. The first-order valence-corrected chi connectivity index (χ1v) is 6.67. The van der Waals surface area contributed by atoms with Crippen molar-refractivity contribution in [3.05, 3.63) is 11.1 Å². The number of ether oxygens (including phenoxy) is 1. The second-order valence-electron chi connectivity index (χ2n) is 4.82. The number of halogens is 1. The van der Waals surface area contributed by atoms with Gasteiger partial charge in [0.15, 0.2) is 0 Å². The van der Waals surface area contributed by atoms with Gasteiger partial charge in [0.1, 0.15) is 0 Å². The number of nitrogens with one attached hydrogen (secondary N) is 1. The average molecular weight is 274 g/mol. The van der Waals surface area contributed by atoms with Crippen LogP contribution in [-0.2, 0) is 4.74 Å². The molecule has 1 saturated carbocycles. The summed E-state index contributed by atoms with van der Waals surface area (Å²) in [4.78, 5) is 0. The molecule has 1 aliphatic carbocycles. The summed E-state index contributed by atoms with van der Waals surface area (Å²) >= 11 is 3.41. The minimum atomic E-state index is 0.528. The van der Waals surface area contributed by atoms with Crippen molar-refractivity contribution in [3.63, 3.8) is 0 Å². The molecule has 15 heavy (non-hydrogen) atoms. The molecular weight excluding hydrogens is 254 g/mol. The summed E-state index contributed by atoms with van der Waals surface area (Å²) in [5, 5.41) is 3.64. The van der Waals surface area contributed by atoms with Crippen LogP contribution in [0.5, 0.6) is 0 Å². The second kappa shape index (κ2) is 4.98. The predicted molar refractivity (Wildman–Crippen MR) is 66.2 cm³/mol. The van der Waals surface area contributed by atoms with E-state index in [1.807, 2.05) is 0 Å². The molecule has 0 aromatic heterocycles. The third-order valence-electron chi connectivity index (χ3n) is 3.94. The molecule has 1 spiro atoms. The maximum Gasteiger partial charge on any atom is 0.0471 e. The minimum absolute atomic E-state index is 0.528. The summed E-state index contributed by atoms with van der Waals surface area (Å²) in [7, 11) is 0. The van der Waals surface area contributed by atoms with Crippen LogP contribution in [0.25, 0.3) is 0 Å². The monoisotopic (exact) mass is 273 g/mol. The van der Waals surface area contributed by atoms with E-state index in [-0.39, 0.29) is 0 Å². The Bertz CT molecular complexity index is 236. The topological polar surface area (TPSA) is 21.3 Å². The summed E-state index contributed by atoms with van der Waals surface area (Å²) in [6, 6.07) is 0.677. The Morgan fingerprint density at radius 3 is 2.80 bits per heavy atom. The molecule has 3 heteroatoms. The fraction of sp³-hybridized carbons (Fsp3) is 0.833. The molecule has 1 heterocycles. The van der Waals surface area contributed by atoms with Crippen LogP contribution >= 0.6 is 15.9 Å². The molecule has 2 rings (SSSR count). The molecular formula is C12H20BrNO. The molecule has 2 fully saturated rings. The Morgan fingerprint density at radius 2 is 2.13 bits per heavy atom. The van der Waals surface area contributed by atoms with Gasteiger partial charge in [0, 0.05) is 30.3 Å². The van der Waals surface area contributed by atoms with E-state index >= 15 is 0 Å². The van der Waals surface area contributed by atoms with Gasteiger partial charge in [-0.3, -0.25) is 0 Å². The fourth-order valence-corrected chi connectivity index (χ4v) is 3.23. The molecule has 1 saturated heterocycles. The summed E-state index contributed by atoms with van der Waals surface area (Å²) in [6.07, 6.45) is 6.54. The molecule has 1 N–H and O–H groups in total. The van der Waals surface area contributed by atoms with Crippen molar-refractivity contribution < 1.29 is 4.74 Å². The fourth-order valence-electron chi connectivity index (χ4n) is 3.07. The van der Waals surface area contributed by atoms with E-state index in [1.54, 1.807) is 0 Å². The van der Waals surface area contributed by atoms with E-state index in [0.717, 1.165) is 24.2 Å². The van der Waals surface area contributed by atoms with Crippen LogP contribution in [0, 0.1) is 5.41 Å². The molecule has 0 aromatic carbocycles. The molecule has 0 radical (unpaired) electrons. The third kappa shape index (κ3) is 2.63. The summed E-state index contributed by atoms with van der Waals surface area (Å²) in [5.41, 5.74) is 0.528. The van der Waals surface area contributed by atoms with Gasteiger partial charge in [-0.25, -0.2) is 0 Å². The quantitative estimate of drug-likeness (QED) is 0.854. The molecule has 0 amide bonds. The Morgan fingerprint density at radius 1 is 1.40 bits per heavy atom. The van der Waals surface area contributed by atoms with E-state index in [4.69, 9.17) is 4.74 Å². The molecule has 2 aliphatic rings. The Kier molecular flexibility index (Phi) is 3.86. The summed E-state index contributed by atoms with van der Waals surface area (Å²) in [5.74, 6) is 0. The van der Waals surface area contributed by atoms with Crippen molar-refractivity contribution in [2.45, 2.75) is 38.1 Å². The van der Waals surface area contributed by atoms with E-state index in [1.165, 1.54) is 32.1 Å². The summed E-state index contributed by atoms with van der Waals surface area (Å²) < 4.78 is 6.53. The van der Waals surface area contributed by atoms with Gasteiger partial charge >= 0.3 is 0 Å². The Labute approximate surface area is 101 Å². The van der Waals surface area contributed by atoms with Gasteiger partial charge in [-0.2, -0.15) is 0 Å². The average Bonchev–Trinajstić information content (AvgIpc) is 2.59. The standard InChI is InChI=1S/C12H20BrNO/c1-10(13)9-14-11-3-2-4-12(11)5-7-15-8-6-12/h11,14H,1-9H2. The van der Waals surface area contributed by atoms with Crippen LogP contribution in [0.1, 0.15) is 32.1 Å². The van der Waals surface area contributed by atoms with Gasteiger partial charge in [-0.15, -0.1) is 0 Å². The Balaban J connectivity index is 1.94. The van der Waals surface area contributed by atoms with Gasteiger partial charge in [0.25, 0.3) is 0 Å². The highest BCUT2D eigenvalue weighted by Crippen LogP contribution is 2.45. The minimum Gasteiger partial charge on any atom is -0.381 e. The highest BCUT2D eigenvalue weighted by atomic mass is 79.9. The molecule has 0 bridgehead atoms. The van der Waals surface area contributed by atoms with Crippen molar-refractivity contribution in [1.82, 2.24) is 5.32 Å². The van der Waals surface area contributed by atoms with Crippen molar-refractivity contribution in [1.29, 1.82) is 0 Å². The van der Waals surface area contributed by atoms with Gasteiger partial charge < -0.3 is 10.1 Å². The third-order valence-corrected chi connectivity index (χ3v) is 4.22. The Hall–Kier alpha value is 0.140. The number of hydrogen-bond donors (Lipinski definition) is 1. The van der Waals surface area contributed by atoms with Crippen LogP contribution in [0.2, 0.25) is 0 Å². The second-order valence-corrected chi connectivity index (χ2v) is 5.94. The molecule has 86 valence electrons.